The lowest BCUT2D eigenvalue weighted by Crippen LogP contribution is -2.24. The Bertz CT molecular complexity index is 1370. The van der Waals surface area contributed by atoms with E-state index in [9.17, 15) is 9.59 Å². The average molecular weight is 469 g/mol. The molecule has 9 heteroatoms. The summed E-state index contributed by atoms with van der Waals surface area (Å²) in [6.45, 7) is 2.09. The molecule has 4 rings (SSSR count). The Hall–Kier alpha value is -3.42. The van der Waals surface area contributed by atoms with Gasteiger partial charge in [0, 0.05) is 19.2 Å². The molecular formula is C23H18Cl2N4O3. The molecular weight excluding hydrogens is 451 g/mol. The van der Waals surface area contributed by atoms with E-state index < -0.39 is 0 Å². The Morgan fingerprint density at radius 1 is 1.12 bits per heavy atom. The van der Waals surface area contributed by atoms with Crippen molar-refractivity contribution in [3.63, 3.8) is 0 Å². The van der Waals surface area contributed by atoms with E-state index in [1.165, 1.54) is 23.2 Å². The Kier molecular flexibility index (Phi) is 6.39. The van der Waals surface area contributed by atoms with Crippen LogP contribution in [0.15, 0.2) is 65.8 Å². The zero-order valence-corrected chi connectivity index (χ0v) is 18.5. The molecule has 2 aromatic heterocycles. The van der Waals surface area contributed by atoms with E-state index in [4.69, 9.17) is 27.9 Å². The number of amides is 1. The minimum absolute atomic E-state index is 0.0766. The molecule has 0 aliphatic rings. The number of hydrogen-bond donors (Lipinski definition) is 1. The number of para-hydroxylation sites is 3. The number of carbonyl (C=O) groups excluding carboxylic acids is 1. The maximum atomic E-state index is 12.7. The summed E-state index contributed by atoms with van der Waals surface area (Å²) in [6, 6.07) is 13.9. The van der Waals surface area contributed by atoms with Gasteiger partial charge in [-0.25, -0.2) is 9.97 Å². The van der Waals surface area contributed by atoms with Gasteiger partial charge in [0.15, 0.2) is 5.75 Å². The molecule has 1 amide bonds. The van der Waals surface area contributed by atoms with Crippen molar-refractivity contribution in [2.45, 2.75) is 19.9 Å². The van der Waals surface area contributed by atoms with Gasteiger partial charge in [0.25, 0.3) is 5.56 Å². The second kappa shape index (κ2) is 9.38. The van der Waals surface area contributed by atoms with Crippen molar-refractivity contribution in [2.75, 3.05) is 5.32 Å². The summed E-state index contributed by atoms with van der Waals surface area (Å²) in [7, 11) is 0. The molecule has 0 spiro atoms. The number of anilines is 1. The zero-order chi connectivity index (χ0) is 22.7. The molecule has 1 N–H and O–H groups in total. The fraction of sp³-hybridized carbons (Fsp3) is 0.130. The third kappa shape index (κ3) is 4.74. The molecule has 0 aliphatic carbocycles. The van der Waals surface area contributed by atoms with Crippen LogP contribution in [0.25, 0.3) is 10.9 Å². The first kappa shape index (κ1) is 21.8. The molecule has 0 bridgehead atoms. The molecule has 0 saturated carbocycles. The number of benzene rings is 2. The number of nitrogens with one attached hydrogen (secondary N) is 1. The number of carbonyl (C=O) groups is 1. The molecule has 0 saturated heterocycles. The third-order valence-electron chi connectivity index (χ3n) is 4.78. The minimum atomic E-state index is -0.285. The lowest BCUT2D eigenvalue weighted by molar-refractivity contribution is -0.116. The number of ether oxygens (including phenoxy) is 1. The van der Waals surface area contributed by atoms with Crippen LogP contribution in [0.1, 0.15) is 12.0 Å². The Morgan fingerprint density at radius 3 is 2.75 bits per heavy atom. The molecule has 4 aromatic rings. The van der Waals surface area contributed by atoms with Crippen molar-refractivity contribution < 1.29 is 9.53 Å². The van der Waals surface area contributed by atoms with E-state index in [0.29, 0.717) is 27.4 Å². The number of fused-ring (bicyclic) bond motifs is 1. The molecule has 0 unspecified atom stereocenters. The van der Waals surface area contributed by atoms with Gasteiger partial charge in [-0.1, -0.05) is 47.5 Å². The topological polar surface area (TPSA) is 86.1 Å². The van der Waals surface area contributed by atoms with Crippen molar-refractivity contribution in [3.8, 4) is 11.6 Å². The highest BCUT2D eigenvalue weighted by Gasteiger charge is 2.13. The summed E-state index contributed by atoms with van der Waals surface area (Å²) in [5, 5.41) is 3.96. The van der Waals surface area contributed by atoms with E-state index >= 15 is 0 Å². The fourth-order valence-corrected chi connectivity index (χ4v) is 3.59. The molecule has 32 heavy (non-hydrogen) atoms. The number of aryl methyl sites for hydroxylation is 2. The van der Waals surface area contributed by atoms with Crippen LogP contribution in [0, 0.1) is 6.92 Å². The van der Waals surface area contributed by atoms with Gasteiger partial charge in [0.1, 0.15) is 5.02 Å². The Labute approximate surface area is 193 Å². The number of aromatic nitrogens is 3. The standard InChI is InChI=1S/C23H18Cl2N4O3/c1-14-5-4-6-16-21(14)27-13-29(23(16)31)10-9-20(30)28-18-7-2-3-8-19(18)32-22-17(25)11-15(24)12-26-22/h2-8,11-13H,9-10H2,1H3,(H,28,30). The third-order valence-corrected chi connectivity index (χ3v) is 5.25. The summed E-state index contributed by atoms with van der Waals surface area (Å²) in [5.74, 6) is 0.256. The van der Waals surface area contributed by atoms with Gasteiger partial charge in [-0.2, -0.15) is 0 Å². The summed E-state index contributed by atoms with van der Waals surface area (Å²) in [5.41, 5.74) is 1.86. The van der Waals surface area contributed by atoms with Gasteiger partial charge in [0.05, 0.1) is 27.9 Å². The van der Waals surface area contributed by atoms with Crippen LogP contribution in [0.3, 0.4) is 0 Å². The zero-order valence-electron chi connectivity index (χ0n) is 17.0. The fourth-order valence-electron chi connectivity index (χ4n) is 3.17. The first-order valence-electron chi connectivity index (χ1n) is 9.75. The van der Waals surface area contributed by atoms with Crippen LogP contribution < -0.4 is 15.6 Å². The maximum absolute atomic E-state index is 12.7. The molecule has 0 radical (unpaired) electrons. The summed E-state index contributed by atoms with van der Waals surface area (Å²) < 4.78 is 7.19. The molecule has 0 aliphatic heterocycles. The van der Waals surface area contributed by atoms with E-state index in [1.807, 2.05) is 19.1 Å². The average Bonchev–Trinajstić information content (AvgIpc) is 2.77. The van der Waals surface area contributed by atoms with Crippen molar-refractivity contribution >= 4 is 45.7 Å². The van der Waals surface area contributed by atoms with E-state index in [1.54, 1.807) is 30.3 Å². The van der Waals surface area contributed by atoms with Gasteiger partial charge in [-0.05, 0) is 36.8 Å². The number of halogens is 2. The normalized spacial score (nSPS) is 10.8. The summed E-state index contributed by atoms with van der Waals surface area (Å²) in [6.07, 6.45) is 2.96. The second-order valence-electron chi connectivity index (χ2n) is 7.05. The van der Waals surface area contributed by atoms with Crippen molar-refractivity contribution in [1.82, 2.24) is 14.5 Å². The van der Waals surface area contributed by atoms with E-state index in [-0.39, 0.29) is 35.3 Å². The number of pyridine rings is 1. The molecule has 2 heterocycles. The summed E-state index contributed by atoms with van der Waals surface area (Å²) in [4.78, 5) is 33.7. The number of nitrogens with zero attached hydrogens (tertiary/aromatic N) is 3. The van der Waals surface area contributed by atoms with E-state index in [2.05, 4.69) is 15.3 Å². The Morgan fingerprint density at radius 2 is 1.94 bits per heavy atom. The van der Waals surface area contributed by atoms with Gasteiger partial charge in [-0.3, -0.25) is 14.2 Å². The highest BCUT2D eigenvalue weighted by Crippen LogP contribution is 2.33. The number of rotatable bonds is 6. The largest absolute Gasteiger partial charge is 0.435 e. The van der Waals surface area contributed by atoms with Crippen LogP contribution in [0.5, 0.6) is 11.6 Å². The lowest BCUT2D eigenvalue weighted by Gasteiger charge is -2.13. The van der Waals surface area contributed by atoms with Gasteiger partial charge < -0.3 is 10.1 Å². The summed E-state index contributed by atoms with van der Waals surface area (Å²) >= 11 is 12.0. The van der Waals surface area contributed by atoms with Gasteiger partial charge in [-0.15, -0.1) is 0 Å². The van der Waals surface area contributed by atoms with E-state index in [0.717, 1.165) is 5.56 Å². The number of hydrogen-bond acceptors (Lipinski definition) is 5. The van der Waals surface area contributed by atoms with Crippen molar-refractivity contribution in [1.29, 1.82) is 0 Å². The maximum Gasteiger partial charge on any atom is 0.261 e. The van der Waals surface area contributed by atoms with Crippen LogP contribution in [-0.2, 0) is 11.3 Å². The molecule has 0 fully saturated rings. The first-order chi connectivity index (χ1) is 15.4. The predicted octanol–water partition coefficient (Wildman–Crippen LogP) is 5.23. The Balaban J connectivity index is 1.47. The van der Waals surface area contributed by atoms with Crippen LogP contribution >= 0.6 is 23.2 Å². The van der Waals surface area contributed by atoms with Crippen LogP contribution in [-0.4, -0.2) is 20.4 Å². The van der Waals surface area contributed by atoms with Crippen molar-refractivity contribution in [2.24, 2.45) is 0 Å². The molecule has 7 nitrogen and oxygen atoms in total. The smallest absolute Gasteiger partial charge is 0.261 e. The van der Waals surface area contributed by atoms with Gasteiger partial charge >= 0.3 is 0 Å². The lowest BCUT2D eigenvalue weighted by atomic mass is 10.1. The first-order valence-corrected chi connectivity index (χ1v) is 10.5. The minimum Gasteiger partial charge on any atom is -0.435 e. The second-order valence-corrected chi connectivity index (χ2v) is 7.89. The molecule has 2 aromatic carbocycles. The van der Waals surface area contributed by atoms with Crippen LogP contribution in [0.2, 0.25) is 10.0 Å². The van der Waals surface area contributed by atoms with Gasteiger partial charge in [0.2, 0.25) is 11.8 Å². The highest BCUT2D eigenvalue weighted by molar-refractivity contribution is 6.35. The molecule has 0 atom stereocenters. The van der Waals surface area contributed by atoms with Crippen molar-refractivity contribution in [3.05, 3.63) is 87.0 Å². The van der Waals surface area contributed by atoms with Crippen LogP contribution in [0.4, 0.5) is 5.69 Å². The molecule has 162 valence electrons. The predicted molar refractivity (Wildman–Crippen MR) is 125 cm³/mol. The quantitative estimate of drug-likeness (QED) is 0.418. The monoisotopic (exact) mass is 468 g/mol. The highest BCUT2D eigenvalue weighted by atomic mass is 35.5. The SMILES string of the molecule is Cc1cccc2c(=O)n(CCC(=O)Nc3ccccc3Oc3ncc(Cl)cc3Cl)cnc12.